The molecule has 1 fully saturated rings. The molecule has 0 aromatic heterocycles. The lowest BCUT2D eigenvalue weighted by Gasteiger charge is -2.26. The number of oxime groups is 1. The van der Waals surface area contributed by atoms with Gasteiger partial charge in [-0.15, -0.1) is 0 Å². The van der Waals surface area contributed by atoms with Gasteiger partial charge in [0.2, 0.25) is 5.91 Å². The first-order chi connectivity index (χ1) is 17.0. The van der Waals surface area contributed by atoms with Crippen molar-refractivity contribution in [3.63, 3.8) is 0 Å². The third kappa shape index (κ3) is 5.65. The second-order valence-electron chi connectivity index (χ2n) is 8.55. The molecule has 1 aliphatic heterocycles. The van der Waals surface area contributed by atoms with Crippen LogP contribution >= 0.6 is 0 Å². The number of hydrogen-bond donors (Lipinski definition) is 2. The number of hydrogen-bond acceptors (Lipinski definition) is 6. The molecule has 0 saturated carbocycles. The van der Waals surface area contributed by atoms with Gasteiger partial charge in [-0.1, -0.05) is 71.9 Å². The fraction of sp³-hybridized carbons (Fsp3) is 0.250. The van der Waals surface area contributed by atoms with Gasteiger partial charge in [0.25, 0.3) is 5.91 Å². The van der Waals surface area contributed by atoms with Gasteiger partial charge in [0.15, 0.2) is 0 Å². The fourth-order valence-electron chi connectivity index (χ4n) is 4.25. The molecule has 180 valence electrons. The zero-order valence-corrected chi connectivity index (χ0v) is 19.8. The first kappa shape index (κ1) is 24.3. The van der Waals surface area contributed by atoms with E-state index in [1.807, 2.05) is 61.5 Å². The van der Waals surface area contributed by atoms with Gasteiger partial charge in [0.05, 0.1) is 24.4 Å². The Morgan fingerprint density at radius 1 is 1.06 bits per heavy atom. The van der Waals surface area contributed by atoms with Crippen molar-refractivity contribution in [2.24, 2.45) is 5.16 Å². The summed E-state index contributed by atoms with van der Waals surface area (Å²) in [5.74, 6) is -0.866. The Bertz CT molecular complexity index is 1210. The summed E-state index contributed by atoms with van der Waals surface area (Å²) in [6.07, 6.45) is -0.673. The van der Waals surface area contributed by atoms with Crippen LogP contribution in [0.15, 0.2) is 84.0 Å². The van der Waals surface area contributed by atoms with Gasteiger partial charge in [-0.3, -0.25) is 14.5 Å². The highest BCUT2D eigenvalue weighted by Gasteiger charge is 2.35. The van der Waals surface area contributed by atoms with Crippen LogP contribution in [-0.2, 0) is 9.63 Å². The Morgan fingerprint density at radius 2 is 1.74 bits per heavy atom. The average molecular weight is 472 g/mol. The molecule has 35 heavy (non-hydrogen) atoms. The zero-order valence-electron chi connectivity index (χ0n) is 19.8. The number of aliphatic hydroxyl groups excluding tert-OH is 1. The van der Waals surface area contributed by atoms with Crippen molar-refractivity contribution in [2.45, 2.75) is 25.5 Å². The first-order valence-electron chi connectivity index (χ1n) is 11.5. The van der Waals surface area contributed by atoms with Crippen LogP contribution in [0.5, 0.6) is 0 Å². The van der Waals surface area contributed by atoms with E-state index in [1.54, 1.807) is 24.3 Å². The molecule has 0 radical (unpaired) electrons. The largest absolute Gasteiger partial charge is 0.399 e. The number of nitrogens with zero attached hydrogens (tertiary/aromatic N) is 2. The fourth-order valence-corrected chi connectivity index (χ4v) is 4.25. The number of amides is 2. The van der Waals surface area contributed by atoms with E-state index in [9.17, 15) is 14.7 Å². The van der Waals surface area contributed by atoms with E-state index in [4.69, 9.17) is 4.84 Å². The summed E-state index contributed by atoms with van der Waals surface area (Å²) in [5, 5.41) is 17.8. The lowest BCUT2D eigenvalue weighted by molar-refractivity contribution is -0.131. The molecule has 4 rings (SSSR count). The number of aryl methyl sites for hydroxylation is 1. The monoisotopic (exact) mass is 471 g/mol. The highest BCUT2D eigenvalue weighted by atomic mass is 16.6. The second kappa shape index (κ2) is 11.1. The second-order valence-corrected chi connectivity index (χ2v) is 8.55. The van der Waals surface area contributed by atoms with Crippen LogP contribution in [0.2, 0.25) is 0 Å². The number of carbonyl (C=O) groups is 2. The summed E-state index contributed by atoms with van der Waals surface area (Å²) in [7, 11) is 1.45. The molecule has 2 N–H and O–H groups in total. The molecule has 0 spiro atoms. The number of rotatable bonds is 7. The first-order valence-corrected chi connectivity index (χ1v) is 11.5. The minimum Gasteiger partial charge on any atom is -0.399 e. The maximum absolute atomic E-state index is 13.5. The van der Waals surface area contributed by atoms with E-state index in [0.29, 0.717) is 29.8 Å². The van der Waals surface area contributed by atoms with Crippen LogP contribution in [0.1, 0.15) is 34.0 Å². The van der Waals surface area contributed by atoms with Crippen molar-refractivity contribution >= 4 is 17.5 Å². The molecule has 2 amide bonds. The Balaban J connectivity index is 1.59. The predicted molar refractivity (Wildman–Crippen MR) is 135 cm³/mol. The Morgan fingerprint density at radius 3 is 2.43 bits per heavy atom. The van der Waals surface area contributed by atoms with Crippen LogP contribution in [0.3, 0.4) is 0 Å². The van der Waals surface area contributed by atoms with Crippen LogP contribution in [0.25, 0.3) is 11.1 Å². The van der Waals surface area contributed by atoms with Crippen molar-refractivity contribution in [1.29, 1.82) is 0 Å². The molecule has 0 aliphatic carbocycles. The Kier molecular flexibility index (Phi) is 7.70. The van der Waals surface area contributed by atoms with E-state index in [-0.39, 0.29) is 6.54 Å². The molecule has 7 heteroatoms. The molecule has 0 unspecified atom stereocenters. The number of carbonyl (C=O) groups excluding carboxylic acids is 2. The molecule has 0 bridgehead atoms. The van der Waals surface area contributed by atoms with Crippen LogP contribution < -0.4 is 5.32 Å². The summed E-state index contributed by atoms with van der Waals surface area (Å²) in [6.45, 7) is 2.28. The predicted octanol–water partition coefficient (Wildman–Crippen LogP) is 3.73. The topological polar surface area (TPSA) is 91.2 Å². The normalized spacial score (nSPS) is 17.2. The number of aliphatic hydroxyl groups is 1. The van der Waals surface area contributed by atoms with E-state index >= 15 is 0 Å². The summed E-state index contributed by atoms with van der Waals surface area (Å²) < 4.78 is 0. The van der Waals surface area contributed by atoms with E-state index in [1.165, 1.54) is 7.11 Å². The molecule has 3 aromatic carbocycles. The van der Waals surface area contributed by atoms with Crippen molar-refractivity contribution in [3.8, 4) is 11.1 Å². The van der Waals surface area contributed by atoms with Gasteiger partial charge in [-0.05, 0) is 41.3 Å². The van der Waals surface area contributed by atoms with Crippen molar-refractivity contribution in [1.82, 2.24) is 10.2 Å². The smallest absolute Gasteiger partial charge is 0.260 e. The van der Waals surface area contributed by atoms with E-state index in [0.717, 1.165) is 21.6 Å². The maximum Gasteiger partial charge on any atom is 0.260 e. The molecular formula is C28H29N3O4. The minimum atomic E-state index is -1.01. The molecular weight excluding hydrogens is 442 g/mol. The lowest BCUT2D eigenvalue weighted by atomic mass is 9.99. The highest BCUT2D eigenvalue weighted by Crippen LogP contribution is 2.24. The average Bonchev–Trinajstić information content (AvgIpc) is 3.36. The summed E-state index contributed by atoms with van der Waals surface area (Å²) in [4.78, 5) is 32.9. The van der Waals surface area contributed by atoms with Gasteiger partial charge < -0.3 is 15.3 Å². The van der Waals surface area contributed by atoms with Crippen LogP contribution in [-0.4, -0.2) is 53.8 Å². The lowest BCUT2D eigenvalue weighted by Crippen LogP contribution is -2.48. The van der Waals surface area contributed by atoms with E-state index in [2.05, 4.69) is 10.5 Å². The van der Waals surface area contributed by atoms with Crippen molar-refractivity contribution < 1.29 is 19.5 Å². The van der Waals surface area contributed by atoms with Crippen LogP contribution in [0.4, 0.5) is 0 Å². The highest BCUT2D eigenvalue weighted by molar-refractivity contribution is 6.08. The number of imide groups is 1. The summed E-state index contributed by atoms with van der Waals surface area (Å²) in [6, 6.07) is 23.6. The summed E-state index contributed by atoms with van der Waals surface area (Å²) in [5.41, 5.74) is 4.91. The number of benzene rings is 3. The van der Waals surface area contributed by atoms with E-state index < -0.39 is 24.0 Å². The van der Waals surface area contributed by atoms with Gasteiger partial charge in [-0.25, -0.2) is 0 Å². The SMILES string of the molecule is CO/N=C1\CN[C@H](C(=O)N(C[C@H](O)c2ccccc2)C(=O)c2ccc(-c3ccccc3C)cc2)C1. The van der Waals surface area contributed by atoms with Gasteiger partial charge in [0.1, 0.15) is 7.11 Å². The van der Waals surface area contributed by atoms with Crippen molar-refractivity contribution in [3.05, 3.63) is 95.6 Å². The Hall–Kier alpha value is -3.81. The minimum absolute atomic E-state index is 0.157. The van der Waals surface area contributed by atoms with Gasteiger partial charge >= 0.3 is 0 Å². The Labute approximate surface area is 205 Å². The molecule has 1 aliphatic rings. The van der Waals surface area contributed by atoms with Gasteiger partial charge in [0, 0.05) is 18.5 Å². The van der Waals surface area contributed by atoms with Gasteiger partial charge in [-0.2, -0.15) is 0 Å². The molecule has 2 atom stereocenters. The third-order valence-electron chi connectivity index (χ3n) is 6.15. The third-order valence-corrected chi connectivity index (χ3v) is 6.15. The summed E-state index contributed by atoms with van der Waals surface area (Å²) >= 11 is 0. The molecule has 1 saturated heterocycles. The quantitative estimate of drug-likeness (QED) is 0.405. The zero-order chi connectivity index (χ0) is 24.8. The van der Waals surface area contributed by atoms with Crippen LogP contribution in [0, 0.1) is 6.92 Å². The molecule has 3 aromatic rings. The number of nitrogens with one attached hydrogen (secondary N) is 1. The molecule has 7 nitrogen and oxygen atoms in total. The standard InChI is InChI=1S/C28H29N3O4/c1-19-8-6-7-11-24(19)20-12-14-22(15-13-20)27(33)31(18-26(32)21-9-4-3-5-10-21)28(34)25-16-23(17-29-25)30-35-2/h3-15,25-26,29,32H,16-18H2,1-2H3/b30-23-/t25-,26-/m0/s1. The molecule has 1 heterocycles. The maximum atomic E-state index is 13.5. The van der Waals surface area contributed by atoms with Crippen molar-refractivity contribution in [2.75, 3.05) is 20.2 Å².